The molecule has 2 rings (SSSR count). The lowest BCUT2D eigenvalue weighted by atomic mass is 10.1. The van der Waals surface area contributed by atoms with E-state index in [9.17, 15) is 18.3 Å². The Kier molecular flexibility index (Phi) is 2.34. The van der Waals surface area contributed by atoms with E-state index in [0.717, 1.165) is 5.56 Å². The van der Waals surface area contributed by atoms with Crippen molar-refractivity contribution in [2.75, 3.05) is 0 Å². The molecule has 0 radical (unpaired) electrons. The van der Waals surface area contributed by atoms with Gasteiger partial charge in [0.2, 0.25) is 0 Å². The van der Waals surface area contributed by atoms with Gasteiger partial charge in [0.1, 0.15) is 5.75 Å². The normalized spacial score (nSPS) is 20.1. The number of rotatable bonds is 1. The van der Waals surface area contributed by atoms with E-state index in [1.807, 2.05) is 0 Å². The summed E-state index contributed by atoms with van der Waals surface area (Å²) >= 11 is 0. The Bertz CT molecular complexity index is 373. The first-order valence-electron chi connectivity index (χ1n) is 4.52. The molecule has 0 amide bonds. The van der Waals surface area contributed by atoms with Gasteiger partial charge >= 0.3 is 6.36 Å². The number of benzene rings is 1. The predicted octanol–water partition coefficient (Wildman–Crippen LogP) is 2.56. The van der Waals surface area contributed by atoms with Crippen LogP contribution in [0.15, 0.2) is 18.2 Å². The van der Waals surface area contributed by atoms with Crippen LogP contribution >= 0.6 is 0 Å². The molecule has 0 spiro atoms. The lowest BCUT2D eigenvalue weighted by Crippen LogP contribution is -2.17. The number of halogens is 3. The molecule has 82 valence electrons. The highest BCUT2D eigenvalue weighted by atomic mass is 19.4. The number of aliphatic hydroxyl groups excluding tert-OH is 1. The molecule has 15 heavy (non-hydrogen) atoms. The molecule has 0 unspecified atom stereocenters. The smallest absolute Gasteiger partial charge is 0.406 e. The number of hydrogen-bond donors (Lipinski definition) is 1. The minimum atomic E-state index is -4.66. The molecule has 0 saturated carbocycles. The third kappa shape index (κ3) is 2.23. The quantitative estimate of drug-likeness (QED) is 0.784. The lowest BCUT2D eigenvalue weighted by Gasteiger charge is -2.10. The van der Waals surface area contributed by atoms with E-state index in [1.54, 1.807) is 0 Å². The van der Waals surface area contributed by atoms with Crippen molar-refractivity contribution in [2.24, 2.45) is 0 Å². The molecule has 2 nitrogen and oxygen atoms in total. The van der Waals surface area contributed by atoms with Gasteiger partial charge in [0.25, 0.3) is 0 Å². The van der Waals surface area contributed by atoms with Crippen molar-refractivity contribution in [2.45, 2.75) is 25.3 Å². The minimum Gasteiger partial charge on any atom is -0.406 e. The number of aliphatic hydroxyl groups is 1. The number of ether oxygens (including phenoxy) is 1. The second kappa shape index (κ2) is 3.41. The van der Waals surface area contributed by atoms with E-state index >= 15 is 0 Å². The van der Waals surface area contributed by atoms with Crippen LogP contribution in [0, 0.1) is 0 Å². The third-order valence-electron chi connectivity index (χ3n) is 2.39. The van der Waals surface area contributed by atoms with Gasteiger partial charge in [-0.15, -0.1) is 13.2 Å². The van der Waals surface area contributed by atoms with E-state index in [4.69, 9.17) is 0 Å². The van der Waals surface area contributed by atoms with Crippen LogP contribution in [0.25, 0.3) is 0 Å². The molecule has 0 heterocycles. The van der Waals surface area contributed by atoms with Crippen LogP contribution in [-0.2, 0) is 6.42 Å². The van der Waals surface area contributed by atoms with Crippen molar-refractivity contribution in [1.82, 2.24) is 0 Å². The van der Waals surface area contributed by atoms with Gasteiger partial charge in [0, 0.05) is 0 Å². The number of fused-ring (bicyclic) bond motifs is 1. The van der Waals surface area contributed by atoms with Gasteiger partial charge in [-0.2, -0.15) is 0 Å². The summed E-state index contributed by atoms with van der Waals surface area (Å²) in [7, 11) is 0. The van der Waals surface area contributed by atoms with Crippen LogP contribution < -0.4 is 4.74 Å². The van der Waals surface area contributed by atoms with Gasteiger partial charge in [0.05, 0.1) is 6.10 Å². The van der Waals surface area contributed by atoms with Crippen molar-refractivity contribution in [3.05, 3.63) is 29.3 Å². The van der Waals surface area contributed by atoms with E-state index in [1.165, 1.54) is 18.2 Å². The summed E-state index contributed by atoms with van der Waals surface area (Å²) in [6.07, 6.45) is -4.07. The largest absolute Gasteiger partial charge is 0.573 e. The molecule has 0 aliphatic heterocycles. The fraction of sp³-hybridized carbons (Fsp3) is 0.400. The first kappa shape index (κ1) is 10.3. The molecule has 0 bridgehead atoms. The maximum atomic E-state index is 11.9. The lowest BCUT2D eigenvalue weighted by molar-refractivity contribution is -0.274. The molecular weight excluding hydrogens is 209 g/mol. The van der Waals surface area contributed by atoms with Crippen molar-refractivity contribution >= 4 is 0 Å². The Morgan fingerprint density at radius 2 is 2.07 bits per heavy atom. The number of alkyl halides is 3. The van der Waals surface area contributed by atoms with Gasteiger partial charge in [-0.25, -0.2) is 0 Å². The Morgan fingerprint density at radius 1 is 1.33 bits per heavy atom. The van der Waals surface area contributed by atoms with Crippen LogP contribution in [0.5, 0.6) is 5.75 Å². The first-order valence-corrected chi connectivity index (χ1v) is 4.52. The van der Waals surface area contributed by atoms with Gasteiger partial charge in [0.15, 0.2) is 0 Å². The summed E-state index contributed by atoms with van der Waals surface area (Å²) in [4.78, 5) is 0. The topological polar surface area (TPSA) is 29.5 Å². The highest BCUT2D eigenvalue weighted by Gasteiger charge is 2.31. The maximum absolute atomic E-state index is 11.9. The summed E-state index contributed by atoms with van der Waals surface area (Å²) in [5.74, 6) is -0.227. The molecule has 0 fully saturated rings. The zero-order valence-electron chi connectivity index (χ0n) is 7.71. The highest BCUT2D eigenvalue weighted by Crippen LogP contribution is 2.34. The molecule has 1 aromatic rings. The maximum Gasteiger partial charge on any atom is 0.573 e. The fourth-order valence-electron chi connectivity index (χ4n) is 1.77. The predicted molar refractivity (Wildman–Crippen MR) is 46.4 cm³/mol. The van der Waals surface area contributed by atoms with Gasteiger partial charge in [-0.1, -0.05) is 6.07 Å². The second-order valence-electron chi connectivity index (χ2n) is 3.46. The van der Waals surface area contributed by atoms with E-state index < -0.39 is 12.5 Å². The summed E-state index contributed by atoms with van der Waals surface area (Å²) in [6.45, 7) is 0. The van der Waals surface area contributed by atoms with Gasteiger partial charge in [-0.05, 0) is 36.1 Å². The summed E-state index contributed by atoms with van der Waals surface area (Å²) in [5.41, 5.74) is 1.42. The molecule has 0 saturated heterocycles. The SMILES string of the molecule is O[C@H]1CCc2cc(OC(F)(F)F)ccc21. The van der Waals surface area contributed by atoms with E-state index in [-0.39, 0.29) is 5.75 Å². The third-order valence-corrected chi connectivity index (χ3v) is 2.39. The second-order valence-corrected chi connectivity index (χ2v) is 3.46. The average Bonchev–Trinajstić information content (AvgIpc) is 2.45. The highest BCUT2D eigenvalue weighted by molar-refractivity contribution is 5.39. The van der Waals surface area contributed by atoms with Crippen molar-refractivity contribution in [3.8, 4) is 5.75 Å². The molecule has 1 aliphatic rings. The van der Waals surface area contributed by atoms with Gasteiger partial charge in [-0.3, -0.25) is 0 Å². The molecular formula is C10H9F3O2. The van der Waals surface area contributed by atoms with Crippen LogP contribution in [0.3, 0.4) is 0 Å². The number of hydrogen-bond acceptors (Lipinski definition) is 2. The molecule has 0 aromatic heterocycles. The Balaban J connectivity index is 2.24. The zero-order chi connectivity index (χ0) is 11.1. The summed E-state index contributed by atoms with van der Waals surface area (Å²) < 4.78 is 39.5. The van der Waals surface area contributed by atoms with Crippen LogP contribution in [0.4, 0.5) is 13.2 Å². The van der Waals surface area contributed by atoms with E-state index in [0.29, 0.717) is 18.4 Å². The Morgan fingerprint density at radius 3 is 2.73 bits per heavy atom. The molecule has 1 aromatic carbocycles. The summed E-state index contributed by atoms with van der Waals surface area (Å²) in [6, 6.07) is 4.04. The van der Waals surface area contributed by atoms with Crippen LogP contribution in [0.2, 0.25) is 0 Å². The number of aryl methyl sites for hydroxylation is 1. The standard InChI is InChI=1S/C10H9F3O2/c11-10(12,13)15-7-2-3-8-6(5-7)1-4-9(8)14/h2-3,5,9,14H,1,4H2/t9-/m0/s1. The van der Waals surface area contributed by atoms with Crippen LogP contribution in [0.1, 0.15) is 23.7 Å². The van der Waals surface area contributed by atoms with Crippen molar-refractivity contribution in [1.29, 1.82) is 0 Å². The minimum absolute atomic E-state index is 0.227. The fourth-order valence-corrected chi connectivity index (χ4v) is 1.77. The summed E-state index contributed by atoms with van der Waals surface area (Å²) in [5, 5.41) is 9.44. The van der Waals surface area contributed by atoms with Gasteiger partial charge < -0.3 is 9.84 Å². The monoisotopic (exact) mass is 218 g/mol. The Hall–Kier alpha value is -1.23. The molecule has 1 aliphatic carbocycles. The Labute approximate surface area is 84.3 Å². The van der Waals surface area contributed by atoms with Crippen molar-refractivity contribution in [3.63, 3.8) is 0 Å². The zero-order valence-corrected chi connectivity index (χ0v) is 7.71. The van der Waals surface area contributed by atoms with Crippen molar-refractivity contribution < 1.29 is 23.0 Å². The molecule has 5 heteroatoms. The first-order chi connectivity index (χ1) is 6.96. The van der Waals surface area contributed by atoms with E-state index in [2.05, 4.69) is 4.74 Å². The molecule has 1 N–H and O–H groups in total. The average molecular weight is 218 g/mol. The van der Waals surface area contributed by atoms with Crippen LogP contribution in [-0.4, -0.2) is 11.5 Å². The molecule has 1 atom stereocenters.